The number of hydrogen-bond donors (Lipinski definition) is 2. The van der Waals surface area contributed by atoms with Crippen LogP contribution in [0, 0.1) is 12.8 Å². The van der Waals surface area contributed by atoms with Crippen LogP contribution in [-0.4, -0.2) is 57.2 Å². The molecule has 26 heavy (non-hydrogen) atoms. The van der Waals surface area contributed by atoms with Crippen molar-refractivity contribution in [3.05, 3.63) is 28.8 Å². The normalized spacial score (nSPS) is 16.8. The number of halogens is 2. The molecule has 1 atom stereocenters. The van der Waals surface area contributed by atoms with E-state index in [-0.39, 0.29) is 29.9 Å². The smallest absolute Gasteiger partial charge is 0.226 e. The van der Waals surface area contributed by atoms with Crippen LogP contribution in [-0.2, 0) is 9.53 Å². The molecule has 1 unspecified atom stereocenters. The summed E-state index contributed by atoms with van der Waals surface area (Å²) in [6, 6.07) is 5.57. The highest BCUT2D eigenvalue weighted by Gasteiger charge is 2.19. The first-order valence-electron chi connectivity index (χ1n) is 8.55. The molecule has 1 heterocycles. The van der Waals surface area contributed by atoms with Crippen molar-refractivity contribution in [2.24, 2.45) is 10.9 Å². The average Bonchev–Trinajstić information content (AvgIpc) is 3.07. The monoisotopic (exact) mass is 494 g/mol. The summed E-state index contributed by atoms with van der Waals surface area (Å²) < 4.78 is 5.41. The lowest BCUT2D eigenvalue weighted by Crippen LogP contribution is -2.42. The van der Waals surface area contributed by atoms with Gasteiger partial charge in [0, 0.05) is 46.1 Å². The Labute approximate surface area is 177 Å². The number of carbonyl (C=O) groups excluding carboxylic acids is 1. The minimum Gasteiger partial charge on any atom is -0.381 e. The van der Waals surface area contributed by atoms with Crippen molar-refractivity contribution in [1.29, 1.82) is 0 Å². The summed E-state index contributed by atoms with van der Waals surface area (Å²) in [4.78, 5) is 18.4. The van der Waals surface area contributed by atoms with E-state index in [2.05, 4.69) is 20.5 Å². The van der Waals surface area contributed by atoms with Crippen molar-refractivity contribution < 1.29 is 9.53 Å². The number of carbonyl (C=O) groups is 1. The van der Waals surface area contributed by atoms with Crippen LogP contribution in [0.1, 0.15) is 18.4 Å². The minimum absolute atomic E-state index is 0. The van der Waals surface area contributed by atoms with E-state index in [0.717, 1.165) is 37.7 Å². The Morgan fingerprint density at radius 2 is 2.23 bits per heavy atom. The minimum atomic E-state index is -0.0828. The molecule has 1 aliphatic rings. The predicted octanol–water partition coefficient (Wildman–Crippen LogP) is 3.14. The highest BCUT2D eigenvalue weighted by molar-refractivity contribution is 14.0. The van der Waals surface area contributed by atoms with Crippen LogP contribution in [0.15, 0.2) is 23.2 Å². The van der Waals surface area contributed by atoms with Gasteiger partial charge in [0.15, 0.2) is 5.96 Å². The van der Waals surface area contributed by atoms with Gasteiger partial charge < -0.3 is 20.3 Å². The largest absolute Gasteiger partial charge is 0.381 e. The zero-order valence-electron chi connectivity index (χ0n) is 15.5. The molecule has 1 fully saturated rings. The van der Waals surface area contributed by atoms with Crippen molar-refractivity contribution in [1.82, 2.24) is 10.2 Å². The molecular weight excluding hydrogens is 467 g/mol. The summed E-state index contributed by atoms with van der Waals surface area (Å²) in [5.41, 5.74) is 1.70. The molecule has 6 nitrogen and oxygen atoms in total. The van der Waals surface area contributed by atoms with Gasteiger partial charge in [-0.1, -0.05) is 17.7 Å². The summed E-state index contributed by atoms with van der Waals surface area (Å²) in [7, 11) is 3.75. The van der Waals surface area contributed by atoms with Gasteiger partial charge in [-0.2, -0.15) is 0 Å². The van der Waals surface area contributed by atoms with Gasteiger partial charge >= 0.3 is 0 Å². The third-order valence-electron chi connectivity index (χ3n) is 4.16. The summed E-state index contributed by atoms with van der Waals surface area (Å²) in [5, 5.41) is 6.61. The van der Waals surface area contributed by atoms with E-state index in [0.29, 0.717) is 29.6 Å². The molecule has 0 aliphatic carbocycles. The van der Waals surface area contributed by atoms with Gasteiger partial charge in [0.25, 0.3) is 0 Å². The molecule has 0 saturated carbocycles. The Kier molecular flexibility index (Phi) is 10.3. The fraction of sp³-hybridized carbons (Fsp3) is 0.556. The van der Waals surface area contributed by atoms with Crippen molar-refractivity contribution in [2.75, 3.05) is 45.7 Å². The number of guanidine groups is 1. The molecule has 1 saturated heterocycles. The Morgan fingerprint density at radius 1 is 1.46 bits per heavy atom. The molecule has 0 radical (unpaired) electrons. The van der Waals surface area contributed by atoms with E-state index in [1.807, 2.05) is 32.2 Å². The van der Waals surface area contributed by atoms with Crippen LogP contribution in [0.5, 0.6) is 0 Å². The molecule has 2 N–H and O–H groups in total. The Hall–Kier alpha value is -1.06. The van der Waals surface area contributed by atoms with E-state index < -0.39 is 0 Å². The number of amides is 1. The SMILES string of the molecule is CN=C(NCCC(=O)Nc1ccc(C)cc1Cl)N(C)CC1CCOC1.I. The van der Waals surface area contributed by atoms with Gasteiger partial charge in [-0.05, 0) is 31.0 Å². The molecule has 0 bridgehead atoms. The molecule has 1 aromatic carbocycles. The van der Waals surface area contributed by atoms with Gasteiger partial charge in [-0.3, -0.25) is 9.79 Å². The predicted molar refractivity (Wildman–Crippen MR) is 118 cm³/mol. The fourth-order valence-corrected chi connectivity index (χ4v) is 3.09. The van der Waals surface area contributed by atoms with Gasteiger partial charge in [0.2, 0.25) is 5.91 Å². The number of ether oxygens (including phenoxy) is 1. The highest BCUT2D eigenvalue weighted by Crippen LogP contribution is 2.22. The number of hydrogen-bond acceptors (Lipinski definition) is 3. The van der Waals surface area contributed by atoms with E-state index in [1.165, 1.54) is 0 Å². The standard InChI is InChI=1S/C18H27ClN4O2.HI/c1-13-4-5-16(15(19)10-13)22-17(24)6-8-21-18(20-2)23(3)11-14-7-9-25-12-14;/h4-5,10,14H,6-9,11-12H2,1-3H3,(H,20,21)(H,22,24);1H. The lowest BCUT2D eigenvalue weighted by Gasteiger charge is -2.24. The van der Waals surface area contributed by atoms with Crippen molar-refractivity contribution in [3.63, 3.8) is 0 Å². The fourth-order valence-electron chi connectivity index (χ4n) is 2.81. The van der Waals surface area contributed by atoms with Gasteiger partial charge in [0.05, 0.1) is 17.3 Å². The molecule has 0 aromatic heterocycles. The van der Waals surface area contributed by atoms with E-state index in [4.69, 9.17) is 16.3 Å². The molecule has 2 rings (SSSR count). The molecular formula is C18H28ClIN4O2. The van der Waals surface area contributed by atoms with E-state index >= 15 is 0 Å². The molecule has 8 heteroatoms. The number of benzene rings is 1. The first-order valence-corrected chi connectivity index (χ1v) is 8.93. The van der Waals surface area contributed by atoms with Crippen LogP contribution < -0.4 is 10.6 Å². The third kappa shape index (κ3) is 7.28. The second kappa shape index (κ2) is 11.6. The number of rotatable bonds is 6. The Morgan fingerprint density at radius 3 is 2.85 bits per heavy atom. The summed E-state index contributed by atoms with van der Waals surface area (Å²) in [6.07, 6.45) is 1.42. The van der Waals surface area contributed by atoms with E-state index in [1.54, 1.807) is 7.05 Å². The van der Waals surface area contributed by atoms with Crippen LogP contribution in [0.3, 0.4) is 0 Å². The first-order chi connectivity index (χ1) is 12.0. The number of aryl methyl sites for hydroxylation is 1. The maximum absolute atomic E-state index is 12.1. The molecule has 1 aliphatic heterocycles. The third-order valence-corrected chi connectivity index (χ3v) is 4.48. The second-order valence-electron chi connectivity index (χ2n) is 6.37. The Bertz CT molecular complexity index is 621. The zero-order valence-corrected chi connectivity index (χ0v) is 18.6. The summed E-state index contributed by atoms with van der Waals surface area (Å²) in [6.45, 7) is 5.01. The number of nitrogens with one attached hydrogen (secondary N) is 2. The molecule has 1 amide bonds. The van der Waals surface area contributed by atoms with Crippen molar-refractivity contribution in [2.45, 2.75) is 19.8 Å². The van der Waals surface area contributed by atoms with Crippen molar-refractivity contribution >= 4 is 53.1 Å². The maximum atomic E-state index is 12.1. The first kappa shape index (κ1) is 23.0. The van der Waals surface area contributed by atoms with Crippen LogP contribution in [0.25, 0.3) is 0 Å². The lowest BCUT2D eigenvalue weighted by molar-refractivity contribution is -0.116. The molecule has 1 aromatic rings. The maximum Gasteiger partial charge on any atom is 0.226 e. The average molecular weight is 495 g/mol. The van der Waals surface area contributed by atoms with Crippen LogP contribution in [0.2, 0.25) is 5.02 Å². The number of anilines is 1. The molecule has 0 spiro atoms. The van der Waals surface area contributed by atoms with Crippen molar-refractivity contribution in [3.8, 4) is 0 Å². The quantitative estimate of drug-likeness (QED) is 0.362. The van der Waals surface area contributed by atoms with E-state index in [9.17, 15) is 4.79 Å². The number of aliphatic imine (C=N–C) groups is 1. The van der Waals surface area contributed by atoms with Crippen LogP contribution in [0.4, 0.5) is 5.69 Å². The summed E-state index contributed by atoms with van der Waals surface area (Å²) in [5.74, 6) is 1.24. The van der Waals surface area contributed by atoms with Crippen LogP contribution >= 0.6 is 35.6 Å². The molecule has 146 valence electrons. The summed E-state index contributed by atoms with van der Waals surface area (Å²) >= 11 is 6.14. The highest BCUT2D eigenvalue weighted by atomic mass is 127. The lowest BCUT2D eigenvalue weighted by atomic mass is 10.1. The van der Waals surface area contributed by atoms with Gasteiger partial charge in [-0.15, -0.1) is 24.0 Å². The zero-order chi connectivity index (χ0) is 18.2. The number of nitrogens with zero attached hydrogens (tertiary/aromatic N) is 2. The van der Waals surface area contributed by atoms with Gasteiger partial charge in [-0.25, -0.2) is 0 Å². The second-order valence-corrected chi connectivity index (χ2v) is 6.77. The Balaban J connectivity index is 0.00000338. The van der Waals surface area contributed by atoms with Gasteiger partial charge in [0.1, 0.15) is 0 Å². The topological polar surface area (TPSA) is 66.0 Å².